The summed E-state index contributed by atoms with van der Waals surface area (Å²) < 4.78 is 0. The molecule has 4 heteroatoms. The molecule has 3 nitrogen and oxygen atoms in total. The Bertz CT molecular complexity index is 1380. The molecule has 1 fully saturated rings. The number of hydrogen-bond donors (Lipinski definition) is 0. The molecule has 0 radical (unpaired) electrons. The van der Waals surface area contributed by atoms with Gasteiger partial charge in [0.05, 0.1) is 11.6 Å². The third kappa shape index (κ3) is 6.47. The van der Waals surface area contributed by atoms with E-state index in [0.717, 1.165) is 25.1 Å². The van der Waals surface area contributed by atoms with Gasteiger partial charge in [-0.05, 0) is 82.5 Å². The van der Waals surface area contributed by atoms with Crippen LogP contribution >= 0.6 is 0 Å². The Kier molecular flexibility index (Phi) is 10.3. The van der Waals surface area contributed by atoms with Gasteiger partial charge in [-0.15, -0.1) is 6.58 Å². The second kappa shape index (κ2) is 13.7. The summed E-state index contributed by atoms with van der Waals surface area (Å²) in [5, 5.41) is 9.47. The maximum absolute atomic E-state index is 9.47. The first kappa shape index (κ1) is 32.2. The van der Waals surface area contributed by atoms with Gasteiger partial charge in [0, 0.05) is 24.5 Å². The zero-order valence-corrected chi connectivity index (χ0v) is 27.9. The van der Waals surface area contributed by atoms with E-state index in [2.05, 4.69) is 133 Å². The third-order valence-electron chi connectivity index (χ3n) is 9.01. The molecule has 1 aliphatic rings. The first-order valence-electron chi connectivity index (χ1n) is 16.1. The molecule has 0 atom stereocenters. The smallest absolute Gasteiger partial charge is 0.390 e. The van der Waals surface area contributed by atoms with Crippen LogP contribution in [0.15, 0.2) is 78.8 Å². The number of anilines is 2. The van der Waals surface area contributed by atoms with Crippen molar-refractivity contribution in [1.29, 1.82) is 5.26 Å². The number of nitrogens with zero attached hydrogens (tertiary/aromatic N) is 3. The van der Waals surface area contributed by atoms with Crippen LogP contribution in [0, 0.1) is 11.3 Å². The molecule has 0 aromatic heterocycles. The molecule has 0 amide bonds. The van der Waals surface area contributed by atoms with Crippen molar-refractivity contribution in [1.82, 2.24) is 0 Å². The van der Waals surface area contributed by atoms with Crippen LogP contribution in [0.4, 0.5) is 11.4 Å². The molecule has 4 rings (SSSR count). The van der Waals surface area contributed by atoms with Gasteiger partial charge in [-0.2, -0.15) is 5.26 Å². The lowest BCUT2D eigenvalue weighted by Gasteiger charge is -2.37. The number of nitriles is 1. The SMILES string of the molecule is C=CC/C(=C(/C)B1N(c2c(C(C)C)cccc2C(C)C)CCN1c1c(C(C)C)cccc1C(C)C)c1ccc(C#N)cc1. The highest BCUT2D eigenvalue weighted by atomic mass is 15.3. The minimum Gasteiger partial charge on any atom is -0.390 e. The molecule has 224 valence electrons. The molecule has 0 N–H and O–H groups in total. The van der Waals surface area contributed by atoms with Crippen molar-refractivity contribution >= 4 is 23.9 Å². The molecule has 0 unspecified atom stereocenters. The minimum atomic E-state index is 0.0420. The lowest BCUT2D eigenvalue weighted by atomic mass is 9.61. The van der Waals surface area contributed by atoms with Gasteiger partial charge in [0.25, 0.3) is 0 Å². The van der Waals surface area contributed by atoms with Gasteiger partial charge in [0.1, 0.15) is 0 Å². The normalized spacial score (nSPS) is 14.3. The Hall–Kier alpha value is -3.71. The van der Waals surface area contributed by atoms with Crippen LogP contribution in [0.3, 0.4) is 0 Å². The van der Waals surface area contributed by atoms with Crippen molar-refractivity contribution in [2.75, 3.05) is 22.7 Å². The number of para-hydroxylation sites is 2. The molecular formula is C39H50BN3. The topological polar surface area (TPSA) is 30.3 Å². The summed E-state index contributed by atoms with van der Waals surface area (Å²) in [7, 11) is 0. The fraction of sp³-hybridized carbons (Fsp3) is 0.410. The summed E-state index contributed by atoms with van der Waals surface area (Å²) >= 11 is 0. The molecule has 0 spiro atoms. The Morgan fingerprint density at radius 2 is 1.14 bits per heavy atom. The van der Waals surface area contributed by atoms with Crippen LogP contribution in [0.5, 0.6) is 0 Å². The first-order valence-corrected chi connectivity index (χ1v) is 16.1. The van der Waals surface area contributed by atoms with Crippen molar-refractivity contribution in [2.45, 2.75) is 92.4 Å². The van der Waals surface area contributed by atoms with Crippen molar-refractivity contribution in [2.24, 2.45) is 0 Å². The number of rotatable bonds is 10. The van der Waals surface area contributed by atoms with Gasteiger partial charge in [-0.1, -0.05) is 115 Å². The van der Waals surface area contributed by atoms with Crippen molar-refractivity contribution in [3.05, 3.63) is 112 Å². The quantitative estimate of drug-likeness (QED) is 0.179. The molecular weight excluding hydrogens is 521 g/mol. The van der Waals surface area contributed by atoms with Gasteiger partial charge >= 0.3 is 6.98 Å². The van der Waals surface area contributed by atoms with E-state index in [-0.39, 0.29) is 6.98 Å². The van der Waals surface area contributed by atoms with Crippen molar-refractivity contribution in [3.8, 4) is 6.07 Å². The third-order valence-corrected chi connectivity index (χ3v) is 9.01. The van der Waals surface area contributed by atoms with E-state index >= 15 is 0 Å². The molecule has 43 heavy (non-hydrogen) atoms. The summed E-state index contributed by atoms with van der Waals surface area (Å²) in [5.74, 6) is 1.64. The van der Waals surface area contributed by atoms with E-state index < -0.39 is 0 Å². The average Bonchev–Trinajstić information content (AvgIpc) is 3.43. The number of hydrogen-bond acceptors (Lipinski definition) is 3. The minimum absolute atomic E-state index is 0.0420. The van der Waals surface area contributed by atoms with E-state index in [4.69, 9.17) is 0 Å². The summed E-state index contributed by atoms with van der Waals surface area (Å²) in [6.07, 6.45) is 2.78. The average molecular weight is 572 g/mol. The number of allylic oxidation sites excluding steroid dienone is 3. The molecule has 1 saturated heterocycles. The molecule has 1 heterocycles. The van der Waals surface area contributed by atoms with E-state index in [1.54, 1.807) is 0 Å². The lowest BCUT2D eigenvalue weighted by Crippen LogP contribution is -2.47. The summed E-state index contributed by atoms with van der Waals surface area (Å²) in [4.78, 5) is 5.40. The zero-order chi connectivity index (χ0) is 31.4. The van der Waals surface area contributed by atoms with E-state index in [9.17, 15) is 5.26 Å². The molecule has 0 saturated carbocycles. The summed E-state index contributed by atoms with van der Waals surface area (Å²) in [5.41, 5.74) is 12.9. The van der Waals surface area contributed by atoms with Crippen LogP contribution in [0.2, 0.25) is 0 Å². The summed E-state index contributed by atoms with van der Waals surface area (Å²) in [6.45, 7) is 27.0. The van der Waals surface area contributed by atoms with Gasteiger partial charge < -0.3 is 9.62 Å². The molecule has 3 aromatic carbocycles. The highest BCUT2D eigenvalue weighted by molar-refractivity contribution is 6.76. The Balaban J connectivity index is 2.07. The Labute approximate surface area is 262 Å². The van der Waals surface area contributed by atoms with E-state index in [1.807, 2.05) is 18.2 Å². The van der Waals surface area contributed by atoms with Crippen molar-refractivity contribution < 1.29 is 0 Å². The lowest BCUT2D eigenvalue weighted by molar-refractivity contribution is 0.821. The van der Waals surface area contributed by atoms with E-state index in [0.29, 0.717) is 29.2 Å². The molecule has 0 bridgehead atoms. The van der Waals surface area contributed by atoms with Gasteiger partial charge in [-0.3, -0.25) is 0 Å². The second-order valence-corrected chi connectivity index (χ2v) is 13.3. The predicted octanol–water partition coefficient (Wildman–Crippen LogP) is 10.5. The largest absolute Gasteiger partial charge is 0.407 e. The molecule has 0 aliphatic carbocycles. The summed E-state index contributed by atoms with van der Waals surface area (Å²) in [6, 6.07) is 24.2. The standard InChI is InChI=1S/C39H50BN3/c1-11-14-37(32-21-19-31(25-41)20-22-32)30(10)40-42(38-33(26(2)3)15-12-16-34(38)27(4)5)23-24-43(40)39-35(28(6)7)17-13-18-36(39)29(8)9/h11-13,15-22,26-29H,1,14,23-24H2,2-10H3/b37-30+. The fourth-order valence-electron chi connectivity index (χ4n) is 6.80. The highest BCUT2D eigenvalue weighted by Gasteiger charge is 2.43. The van der Waals surface area contributed by atoms with Crippen LogP contribution in [0.1, 0.15) is 126 Å². The highest BCUT2D eigenvalue weighted by Crippen LogP contribution is 2.44. The Morgan fingerprint density at radius 3 is 1.47 bits per heavy atom. The van der Waals surface area contributed by atoms with Crippen LogP contribution in [-0.2, 0) is 0 Å². The Morgan fingerprint density at radius 1 is 0.744 bits per heavy atom. The fourth-order valence-corrected chi connectivity index (χ4v) is 6.80. The zero-order valence-electron chi connectivity index (χ0n) is 27.9. The van der Waals surface area contributed by atoms with Crippen LogP contribution < -0.4 is 9.62 Å². The molecule has 1 aliphatic heterocycles. The van der Waals surface area contributed by atoms with Gasteiger partial charge in [0.15, 0.2) is 0 Å². The monoisotopic (exact) mass is 571 g/mol. The maximum Gasteiger partial charge on any atom is 0.407 e. The second-order valence-electron chi connectivity index (χ2n) is 13.3. The van der Waals surface area contributed by atoms with Gasteiger partial charge in [-0.25, -0.2) is 0 Å². The number of benzene rings is 3. The maximum atomic E-state index is 9.47. The van der Waals surface area contributed by atoms with Crippen molar-refractivity contribution in [3.63, 3.8) is 0 Å². The predicted molar refractivity (Wildman–Crippen MR) is 188 cm³/mol. The van der Waals surface area contributed by atoms with Gasteiger partial charge in [0.2, 0.25) is 0 Å². The first-order chi connectivity index (χ1) is 20.5. The molecule has 3 aromatic rings. The van der Waals surface area contributed by atoms with Crippen LogP contribution in [0.25, 0.3) is 5.57 Å². The van der Waals surface area contributed by atoms with Crippen LogP contribution in [-0.4, -0.2) is 20.1 Å². The van der Waals surface area contributed by atoms with E-state index in [1.165, 1.54) is 44.7 Å².